The third kappa shape index (κ3) is 4.99. The topological polar surface area (TPSA) is 85.7 Å². The maximum Gasteiger partial charge on any atom is 0.252 e. The maximum absolute atomic E-state index is 12.6. The minimum atomic E-state index is -1.62. The molecular weight excluding hydrogens is 422 g/mol. The van der Waals surface area contributed by atoms with Gasteiger partial charge in [0.2, 0.25) is 0 Å². The number of aliphatic hydroxyl groups is 2. The standard InChI is InChI=1S/C22H26ClN3O3S/c1-3-26(4-2)17(14-9-5-6-10-15(14)23)13-24-21(29)19(27)20(28)22-25-16-11-7-8-12-18(16)30-22/h5-12,17,19-20,27-28H,3-4,13H2,1-2H3,(H,24,29). The van der Waals surface area contributed by atoms with Gasteiger partial charge < -0.3 is 15.5 Å². The van der Waals surface area contributed by atoms with E-state index in [0.29, 0.717) is 10.0 Å². The quantitative estimate of drug-likeness (QED) is 0.467. The van der Waals surface area contributed by atoms with Crippen LogP contribution >= 0.6 is 22.9 Å². The largest absolute Gasteiger partial charge is 0.383 e. The van der Waals surface area contributed by atoms with Crippen LogP contribution in [0.5, 0.6) is 0 Å². The fraction of sp³-hybridized carbons (Fsp3) is 0.364. The third-order valence-electron chi connectivity index (χ3n) is 5.12. The Morgan fingerprint density at radius 2 is 1.80 bits per heavy atom. The van der Waals surface area contributed by atoms with Gasteiger partial charge in [-0.05, 0) is 36.9 Å². The van der Waals surface area contributed by atoms with Gasteiger partial charge in [0.25, 0.3) is 5.91 Å². The molecular formula is C22H26ClN3O3S. The summed E-state index contributed by atoms with van der Waals surface area (Å²) in [4.78, 5) is 19.1. The Morgan fingerprint density at radius 1 is 1.13 bits per heavy atom. The van der Waals surface area contributed by atoms with E-state index in [4.69, 9.17) is 11.6 Å². The first-order valence-corrected chi connectivity index (χ1v) is 11.1. The Hall–Kier alpha value is -2.03. The van der Waals surface area contributed by atoms with Crippen LogP contribution in [0.3, 0.4) is 0 Å². The maximum atomic E-state index is 12.6. The molecule has 3 N–H and O–H groups in total. The Labute approximate surface area is 185 Å². The number of likely N-dealkylation sites (N-methyl/N-ethyl adjacent to an activating group) is 1. The summed E-state index contributed by atoms with van der Waals surface area (Å²) in [6, 6.07) is 14.8. The number of rotatable bonds is 9. The molecule has 3 atom stereocenters. The average molecular weight is 448 g/mol. The fourth-order valence-corrected chi connectivity index (χ4v) is 4.69. The van der Waals surface area contributed by atoms with Gasteiger partial charge in [0, 0.05) is 11.6 Å². The van der Waals surface area contributed by atoms with Crippen LogP contribution in [0.15, 0.2) is 48.5 Å². The molecule has 3 rings (SSSR count). The monoisotopic (exact) mass is 447 g/mol. The van der Waals surface area contributed by atoms with Crippen LogP contribution in [0, 0.1) is 0 Å². The number of benzene rings is 2. The van der Waals surface area contributed by atoms with E-state index in [9.17, 15) is 15.0 Å². The molecule has 1 amide bonds. The number of carbonyl (C=O) groups is 1. The highest BCUT2D eigenvalue weighted by molar-refractivity contribution is 7.18. The number of hydrogen-bond acceptors (Lipinski definition) is 6. The van der Waals surface area contributed by atoms with E-state index in [1.54, 1.807) is 0 Å². The van der Waals surface area contributed by atoms with Crippen molar-refractivity contribution in [2.24, 2.45) is 0 Å². The van der Waals surface area contributed by atoms with E-state index < -0.39 is 18.1 Å². The van der Waals surface area contributed by atoms with Crippen molar-refractivity contribution in [3.63, 3.8) is 0 Å². The SMILES string of the molecule is CCN(CC)C(CNC(=O)C(O)C(O)c1nc2ccccc2s1)c1ccccc1Cl. The Morgan fingerprint density at radius 3 is 2.47 bits per heavy atom. The van der Waals surface area contributed by atoms with Gasteiger partial charge in [-0.1, -0.05) is 55.8 Å². The highest BCUT2D eigenvalue weighted by Gasteiger charge is 2.29. The summed E-state index contributed by atoms with van der Waals surface area (Å²) in [5.41, 5.74) is 1.63. The molecule has 0 aliphatic carbocycles. The molecule has 0 aliphatic rings. The molecule has 2 aromatic carbocycles. The normalized spacial score (nSPS) is 14.6. The lowest BCUT2D eigenvalue weighted by Crippen LogP contribution is -2.43. The smallest absolute Gasteiger partial charge is 0.252 e. The van der Waals surface area contributed by atoms with Crippen LogP contribution in [-0.2, 0) is 4.79 Å². The van der Waals surface area contributed by atoms with E-state index >= 15 is 0 Å². The van der Waals surface area contributed by atoms with Crippen molar-refractivity contribution >= 4 is 39.1 Å². The molecule has 30 heavy (non-hydrogen) atoms. The summed E-state index contributed by atoms with van der Waals surface area (Å²) < 4.78 is 0.888. The fourth-order valence-electron chi connectivity index (χ4n) is 3.44. The molecule has 1 heterocycles. The van der Waals surface area contributed by atoms with Crippen molar-refractivity contribution < 1.29 is 15.0 Å². The molecule has 160 valence electrons. The molecule has 0 aliphatic heterocycles. The van der Waals surface area contributed by atoms with Gasteiger partial charge in [-0.2, -0.15) is 0 Å². The minimum Gasteiger partial charge on any atom is -0.383 e. The van der Waals surface area contributed by atoms with Crippen molar-refractivity contribution in [3.05, 3.63) is 64.1 Å². The first kappa shape index (κ1) is 22.7. The zero-order valence-electron chi connectivity index (χ0n) is 17.0. The number of carbonyl (C=O) groups excluding carboxylic acids is 1. The number of halogens is 1. The minimum absolute atomic E-state index is 0.149. The number of hydrogen-bond donors (Lipinski definition) is 3. The number of nitrogens with one attached hydrogen (secondary N) is 1. The Bertz CT molecular complexity index is 959. The number of aliphatic hydroxyl groups excluding tert-OH is 2. The Balaban J connectivity index is 1.71. The van der Waals surface area contributed by atoms with Crippen molar-refractivity contribution in [1.29, 1.82) is 0 Å². The van der Waals surface area contributed by atoms with Crippen LogP contribution in [0.1, 0.15) is 36.6 Å². The predicted octanol–water partition coefficient (Wildman–Crippen LogP) is 3.54. The summed E-state index contributed by atoms with van der Waals surface area (Å²) in [6.45, 7) is 5.90. The van der Waals surface area contributed by atoms with Crippen LogP contribution in [0.4, 0.5) is 0 Å². The van der Waals surface area contributed by atoms with E-state index in [1.807, 2.05) is 62.4 Å². The molecule has 1 aromatic heterocycles. The first-order chi connectivity index (χ1) is 14.5. The molecule has 3 aromatic rings. The average Bonchev–Trinajstić information content (AvgIpc) is 3.20. The summed E-state index contributed by atoms with van der Waals surface area (Å²) in [5, 5.41) is 24.6. The third-order valence-corrected chi connectivity index (χ3v) is 6.57. The lowest BCUT2D eigenvalue weighted by Gasteiger charge is -2.31. The molecule has 0 saturated heterocycles. The van der Waals surface area contributed by atoms with Gasteiger partial charge in [-0.3, -0.25) is 9.69 Å². The summed E-state index contributed by atoms with van der Waals surface area (Å²) in [5.74, 6) is -0.647. The van der Waals surface area contributed by atoms with Gasteiger partial charge in [0.15, 0.2) is 6.10 Å². The summed E-state index contributed by atoms with van der Waals surface area (Å²) in [7, 11) is 0. The second-order valence-electron chi connectivity index (χ2n) is 6.91. The lowest BCUT2D eigenvalue weighted by atomic mass is 10.0. The number of thiazole rings is 1. The van der Waals surface area contributed by atoms with Gasteiger partial charge >= 0.3 is 0 Å². The Kier molecular flexibility index (Phi) is 7.80. The van der Waals surface area contributed by atoms with E-state index in [2.05, 4.69) is 15.2 Å². The second kappa shape index (κ2) is 10.3. The van der Waals surface area contributed by atoms with Crippen molar-refractivity contribution in [2.75, 3.05) is 19.6 Å². The number of nitrogens with zero attached hydrogens (tertiary/aromatic N) is 2. The molecule has 8 heteroatoms. The predicted molar refractivity (Wildman–Crippen MR) is 121 cm³/mol. The van der Waals surface area contributed by atoms with Crippen LogP contribution in [0.2, 0.25) is 5.02 Å². The zero-order chi connectivity index (χ0) is 21.7. The molecule has 6 nitrogen and oxygen atoms in total. The van der Waals surface area contributed by atoms with Crippen molar-refractivity contribution in [3.8, 4) is 0 Å². The highest BCUT2D eigenvalue weighted by Crippen LogP contribution is 2.29. The van der Waals surface area contributed by atoms with Crippen LogP contribution in [0.25, 0.3) is 10.2 Å². The van der Waals surface area contributed by atoms with Crippen molar-refractivity contribution in [1.82, 2.24) is 15.2 Å². The number of amides is 1. The molecule has 0 bridgehead atoms. The number of para-hydroxylation sites is 1. The van der Waals surface area contributed by atoms with Gasteiger partial charge in [-0.25, -0.2) is 4.98 Å². The molecule has 0 spiro atoms. The molecule has 0 saturated carbocycles. The second-order valence-corrected chi connectivity index (χ2v) is 8.38. The van der Waals surface area contributed by atoms with Crippen LogP contribution < -0.4 is 5.32 Å². The van der Waals surface area contributed by atoms with E-state index in [0.717, 1.165) is 28.9 Å². The summed E-state index contributed by atoms with van der Waals surface area (Å²) >= 11 is 7.65. The molecule has 3 unspecified atom stereocenters. The molecule has 0 radical (unpaired) electrons. The van der Waals surface area contributed by atoms with Gasteiger partial charge in [-0.15, -0.1) is 11.3 Å². The van der Waals surface area contributed by atoms with Crippen LogP contribution in [-0.4, -0.2) is 51.7 Å². The number of aromatic nitrogens is 1. The summed E-state index contributed by atoms with van der Waals surface area (Å²) in [6.07, 6.45) is -3.01. The lowest BCUT2D eigenvalue weighted by molar-refractivity contribution is -0.135. The highest BCUT2D eigenvalue weighted by atomic mass is 35.5. The molecule has 0 fully saturated rings. The van der Waals surface area contributed by atoms with Gasteiger partial charge in [0.1, 0.15) is 11.1 Å². The van der Waals surface area contributed by atoms with E-state index in [-0.39, 0.29) is 12.6 Å². The first-order valence-electron chi connectivity index (χ1n) is 9.94. The van der Waals surface area contributed by atoms with Gasteiger partial charge in [0.05, 0.1) is 16.3 Å². The number of fused-ring (bicyclic) bond motifs is 1. The zero-order valence-corrected chi connectivity index (χ0v) is 18.5. The van der Waals surface area contributed by atoms with E-state index in [1.165, 1.54) is 11.3 Å². The van der Waals surface area contributed by atoms with Crippen molar-refractivity contribution in [2.45, 2.75) is 32.1 Å².